The zero-order valence-electron chi connectivity index (χ0n) is 19.3. The summed E-state index contributed by atoms with van der Waals surface area (Å²) < 4.78 is 5.59. The van der Waals surface area contributed by atoms with Gasteiger partial charge in [0, 0.05) is 45.6 Å². The largest absolute Gasteiger partial charge is 0.444 e. The molecule has 0 unspecified atom stereocenters. The van der Waals surface area contributed by atoms with Crippen LogP contribution in [0, 0.1) is 5.41 Å². The van der Waals surface area contributed by atoms with E-state index in [-0.39, 0.29) is 30.1 Å². The molecule has 0 spiro atoms. The molecule has 7 nitrogen and oxygen atoms in total. The lowest BCUT2D eigenvalue weighted by molar-refractivity contribution is 0.0232. The zero-order chi connectivity index (χ0) is 21.5. The second kappa shape index (κ2) is 11.7. The molecule has 2 heterocycles. The number of carbonyl (C=O) groups is 1. The standard InChI is InChI=1S/C22H37N5O2.HI/c1-21(2,3)29-20(28)26(16-18-9-7-11-24-15-18)13-8-12-25-19(23-6)27-14-10-22(4,5)17-27;/h7,9,11,15H,8,10,12-14,16-17H2,1-6H3,(H,23,25);1H. The Balaban J connectivity index is 0.00000450. The Morgan fingerprint density at radius 1 is 1.40 bits per heavy atom. The fourth-order valence-corrected chi connectivity index (χ4v) is 3.37. The van der Waals surface area contributed by atoms with E-state index in [2.05, 4.69) is 34.0 Å². The predicted molar refractivity (Wildman–Crippen MR) is 132 cm³/mol. The first-order valence-corrected chi connectivity index (χ1v) is 10.4. The van der Waals surface area contributed by atoms with Crippen molar-refractivity contribution in [2.45, 2.75) is 59.6 Å². The number of rotatable bonds is 6. The number of guanidine groups is 1. The van der Waals surface area contributed by atoms with E-state index in [1.165, 1.54) is 6.42 Å². The molecular weight excluding hydrogens is 493 g/mol. The van der Waals surface area contributed by atoms with Crippen molar-refractivity contribution in [1.29, 1.82) is 0 Å². The number of nitrogens with zero attached hydrogens (tertiary/aromatic N) is 4. The monoisotopic (exact) mass is 531 g/mol. The highest BCUT2D eigenvalue weighted by Crippen LogP contribution is 2.28. The molecule has 0 radical (unpaired) electrons. The van der Waals surface area contributed by atoms with E-state index >= 15 is 0 Å². The van der Waals surface area contributed by atoms with Crippen LogP contribution in [0.2, 0.25) is 0 Å². The maximum absolute atomic E-state index is 12.7. The molecule has 1 fully saturated rings. The lowest BCUT2D eigenvalue weighted by Gasteiger charge is -2.28. The maximum Gasteiger partial charge on any atom is 0.410 e. The van der Waals surface area contributed by atoms with Gasteiger partial charge in [0.2, 0.25) is 0 Å². The molecule has 8 heteroatoms. The van der Waals surface area contributed by atoms with Crippen molar-refractivity contribution < 1.29 is 9.53 Å². The van der Waals surface area contributed by atoms with Gasteiger partial charge in [-0.05, 0) is 50.7 Å². The van der Waals surface area contributed by atoms with Crippen molar-refractivity contribution >= 4 is 36.0 Å². The Kier molecular flexibility index (Phi) is 10.3. The molecule has 1 amide bonds. The van der Waals surface area contributed by atoms with Gasteiger partial charge in [0.1, 0.15) is 5.60 Å². The minimum absolute atomic E-state index is 0. The molecule has 30 heavy (non-hydrogen) atoms. The number of likely N-dealkylation sites (tertiary alicyclic amines) is 1. The number of halogens is 1. The van der Waals surface area contributed by atoms with E-state index < -0.39 is 5.60 Å². The summed E-state index contributed by atoms with van der Waals surface area (Å²) in [7, 11) is 1.82. The van der Waals surface area contributed by atoms with Gasteiger partial charge >= 0.3 is 6.09 Å². The van der Waals surface area contributed by atoms with Crippen LogP contribution in [0.3, 0.4) is 0 Å². The molecule has 0 atom stereocenters. The molecule has 170 valence electrons. The van der Waals surface area contributed by atoms with E-state index in [1.54, 1.807) is 17.3 Å². The number of nitrogens with one attached hydrogen (secondary N) is 1. The van der Waals surface area contributed by atoms with Crippen LogP contribution in [0.25, 0.3) is 0 Å². The zero-order valence-corrected chi connectivity index (χ0v) is 21.6. The van der Waals surface area contributed by atoms with E-state index in [1.807, 2.05) is 40.0 Å². The van der Waals surface area contributed by atoms with Crippen molar-refractivity contribution in [1.82, 2.24) is 20.1 Å². The molecule has 0 saturated carbocycles. The van der Waals surface area contributed by atoms with Gasteiger partial charge in [-0.3, -0.25) is 9.98 Å². The normalized spacial score (nSPS) is 16.1. The van der Waals surface area contributed by atoms with E-state index in [9.17, 15) is 4.79 Å². The number of hydrogen-bond acceptors (Lipinski definition) is 4. The van der Waals surface area contributed by atoms with E-state index in [4.69, 9.17) is 4.74 Å². The number of ether oxygens (including phenoxy) is 1. The van der Waals surface area contributed by atoms with Gasteiger partial charge < -0.3 is 19.9 Å². The highest BCUT2D eigenvalue weighted by molar-refractivity contribution is 14.0. The number of carbonyl (C=O) groups excluding carboxylic acids is 1. The Morgan fingerprint density at radius 3 is 2.67 bits per heavy atom. The minimum Gasteiger partial charge on any atom is -0.444 e. The highest BCUT2D eigenvalue weighted by atomic mass is 127. The molecule has 1 aromatic rings. The molecular formula is C22H38IN5O2. The topological polar surface area (TPSA) is 70.1 Å². The summed E-state index contributed by atoms with van der Waals surface area (Å²) in [5.74, 6) is 0.937. The first-order chi connectivity index (χ1) is 13.6. The van der Waals surface area contributed by atoms with Crippen molar-refractivity contribution in [2.75, 3.05) is 33.2 Å². The molecule has 1 N–H and O–H groups in total. The van der Waals surface area contributed by atoms with Gasteiger partial charge in [0.25, 0.3) is 0 Å². The summed E-state index contributed by atoms with van der Waals surface area (Å²) in [6.45, 7) is 14.1. The number of amides is 1. The van der Waals surface area contributed by atoms with Crippen molar-refractivity contribution in [3.05, 3.63) is 30.1 Å². The first kappa shape index (κ1) is 26.5. The van der Waals surface area contributed by atoms with Crippen LogP contribution in [0.5, 0.6) is 0 Å². The fraction of sp³-hybridized carbons (Fsp3) is 0.682. The van der Waals surface area contributed by atoms with Gasteiger partial charge in [-0.2, -0.15) is 0 Å². The average Bonchev–Trinajstić information content (AvgIpc) is 2.99. The van der Waals surface area contributed by atoms with Gasteiger partial charge in [-0.1, -0.05) is 19.9 Å². The van der Waals surface area contributed by atoms with Crippen LogP contribution in [-0.4, -0.2) is 65.7 Å². The third-order valence-corrected chi connectivity index (χ3v) is 4.82. The molecule has 0 aromatic carbocycles. The Hall–Kier alpha value is -1.58. The first-order valence-electron chi connectivity index (χ1n) is 10.4. The smallest absolute Gasteiger partial charge is 0.410 e. The molecule has 1 saturated heterocycles. The van der Waals surface area contributed by atoms with Crippen LogP contribution >= 0.6 is 24.0 Å². The number of pyridine rings is 1. The predicted octanol–water partition coefficient (Wildman–Crippen LogP) is 4.13. The summed E-state index contributed by atoms with van der Waals surface area (Å²) in [4.78, 5) is 25.3. The van der Waals surface area contributed by atoms with Gasteiger partial charge in [0.05, 0.1) is 6.54 Å². The van der Waals surface area contributed by atoms with Crippen molar-refractivity contribution in [2.24, 2.45) is 10.4 Å². The lowest BCUT2D eigenvalue weighted by atomic mass is 9.93. The summed E-state index contributed by atoms with van der Waals surface area (Å²) in [5.41, 5.74) is 0.795. The van der Waals surface area contributed by atoms with E-state index in [0.717, 1.165) is 37.6 Å². The molecule has 0 bridgehead atoms. The van der Waals surface area contributed by atoms with Crippen molar-refractivity contribution in [3.8, 4) is 0 Å². The number of aliphatic imine (C=N–C) groups is 1. The van der Waals surface area contributed by atoms with Crippen molar-refractivity contribution in [3.63, 3.8) is 0 Å². The van der Waals surface area contributed by atoms with Crippen LogP contribution in [-0.2, 0) is 11.3 Å². The Morgan fingerprint density at radius 2 is 2.13 bits per heavy atom. The highest BCUT2D eigenvalue weighted by Gasteiger charge is 2.30. The Bertz CT molecular complexity index is 689. The summed E-state index contributed by atoms with van der Waals surface area (Å²) >= 11 is 0. The van der Waals surface area contributed by atoms with Crippen LogP contribution in [0.15, 0.2) is 29.5 Å². The van der Waals surface area contributed by atoms with Crippen LogP contribution in [0.4, 0.5) is 4.79 Å². The maximum atomic E-state index is 12.7. The van der Waals surface area contributed by atoms with Gasteiger partial charge in [0.15, 0.2) is 5.96 Å². The number of aromatic nitrogens is 1. The second-order valence-corrected chi connectivity index (χ2v) is 9.43. The van der Waals surface area contributed by atoms with E-state index in [0.29, 0.717) is 18.5 Å². The third kappa shape index (κ3) is 9.06. The molecule has 1 aliphatic heterocycles. The number of hydrogen-bond donors (Lipinski definition) is 1. The fourth-order valence-electron chi connectivity index (χ4n) is 3.37. The molecule has 0 aliphatic carbocycles. The second-order valence-electron chi connectivity index (χ2n) is 9.43. The minimum atomic E-state index is -0.521. The van der Waals surface area contributed by atoms with Crippen LogP contribution < -0.4 is 5.32 Å². The molecule has 1 aromatic heterocycles. The Labute approximate surface area is 198 Å². The summed E-state index contributed by atoms with van der Waals surface area (Å²) in [6.07, 6.45) is 5.19. The van der Waals surface area contributed by atoms with Crippen LogP contribution in [0.1, 0.15) is 53.0 Å². The average molecular weight is 531 g/mol. The van der Waals surface area contributed by atoms with Gasteiger partial charge in [-0.25, -0.2) is 4.79 Å². The molecule has 2 rings (SSSR count). The SMILES string of the molecule is CN=C(NCCCN(Cc1cccnc1)C(=O)OC(C)(C)C)N1CCC(C)(C)C1.I. The molecule has 1 aliphatic rings. The van der Waals surface area contributed by atoms with Gasteiger partial charge in [-0.15, -0.1) is 24.0 Å². The lowest BCUT2D eigenvalue weighted by Crippen LogP contribution is -2.42. The summed E-state index contributed by atoms with van der Waals surface area (Å²) in [6, 6.07) is 3.85. The third-order valence-electron chi connectivity index (χ3n) is 4.82. The quantitative estimate of drug-likeness (QED) is 0.259. The summed E-state index contributed by atoms with van der Waals surface area (Å²) in [5, 5.41) is 3.44.